The van der Waals surface area contributed by atoms with Crippen LogP contribution in [0.2, 0.25) is 0 Å². The summed E-state index contributed by atoms with van der Waals surface area (Å²) in [5, 5.41) is 0. The van der Waals surface area contributed by atoms with Crippen molar-refractivity contribution in [2.75, 3.05) is 0 Å². The maximum Gasteiger partial charge on any atom is -0.0266 e. The fourth-order valence-electron chi connectivity index (χ4n) is 8.23. The predicted molar refractivity (Wildman–Crippen MR) is 94.7 cm³/mol. The van der Waals surface area contributed by atoms with E-state index in [0.29, 0.717) is 0 Å². The molecule has 7 atom stereocenters. The van der Waals surface area contributed by atoms with Crippen molar-refractivity contribution in [2.45, 2.75) is 97.8 Å². The van der Waals surface area contributed by atoms with Gasteiger partial charge in [-0.2, -0.15) is 0 Å². The van der Waals surface area contributed by atoms with Gasteiger partial charge in [0.25, 0.3) is 0 Å². The van der Waals surface area contributed by atoms with Crippen molar-refractivity contribution in [3.05, 3.63) is 0 Å². The van der Waals surface area contributed by atoms with Gasteiger partial charge in [0.2, 0.25) is 0 Å². The molecular weight excluding hydrogens is 264 g/mol. The summed E-state index contributed by atoms with van der Waals surface area (Å²) in [6, 6.07) is 0. The summed E-state index contributed by atoms with van der Waals surface area (Å²) in [7, 11) is 0. The van der Waals surface area contributed by atoms with Gasteiger partial charge in [-0.3, -0.25) is 0 Å². The van der Waals surface area contributed by atoms with Gasteiger partial charge in [0, 0.05) is 0 Å². The van der Waals surface area contributed by atoms with Crippen molar-refractivity contribution < 1.29 is 0 Å². The minimum absolute atomic E-state index is 0.717. The second-order valence-corrected chi connectivity index (χ2v) is 10.0. The Morgan fingerprint density at radius 1 is 0.773 bits per heavy atom. The molecule has 4 fully saturated rings. The van der Waals surface area contributed by atoms with E-state index in [2.05, 4.69) is 20.8 Å². The summed E-state index contributed by atoms with van der Waals surface area (Å²) in [4.78, 5) is 0. The third kappa shape index (κ3) is 2.07. The van der Waals surface area contributed by atoms with Gasteiger partial charge in [-0.25, -0.2) is 0 Å². The van der Waals surface area contributed by atoms with Crippen molar-refractivity contribution in [2.24, 2.45) is 40.4 Å². The van der Waals surface area contributed by atoms with Gasteiger partial charge < -0.3 is 0 Å². The first kappa shape index (κ1) is 15.5. The summed E-state index contributed by atoms with van der Waals surface area (Å²) in [5.41, 5.74) is 1.44. The van der Waals surface area contributed by atoms with Gasteiger partial charge >= 0.3 is 0 Å². The summed E-state index contributed by atoms with van der Waals surface area (Å²) >= 11 is 0. The lowest BCUT2D eigenvalue weighted by Gasteiger charge is -2.60. The lowest BCUT2D eigenvalue weighted by atomic mass is 9.45. The van der Waals surface area contributed by atoms with Crippen molar-refractivity contribution in [3.63, 3.8) is 0 Å². The first-order valence-electron chi connectivity index (χ1n) is 10.6. The number of rotatable bonds is 2. The fraction of sp³-hybridized carbons (Fsp3) is 1.00. The van der Waals surface area contributed by atoms with Gasteiger partial charge in [0.1, 0.15) is 0 Å². The van der Waals surface area contributed by atoms with E-state index >= 15 is 0 Å². The first-order chi connectivity index (χ1) is 10.6. The topological polar surface area (TPSA) is 0 Å². The van der Waals surface area contributed by atoms with E-state index < -0.39 is 0 Å². The first-order valence-corrected chi connectivity index (χ1v) is 10.6. The van der Waals surface area contributed by atoms with Crippen molar-refractivity contribution in [1.82, 2.24) is 0 Å². The lowest BCUT2D eigenvalue weighted by Crippen LogP contribution is -2.52. The van der Waals surface area contributed by atoms with Gasteiger partial charge in [-0.05, 0) is 91.8 Å². The Labute approximate surface area is 138 Å². The molecule has 22 heavy (non-hydrogen) atoms. The number of fused-ring (bicyclic) bond motifs is 5. The Morgan fingerprint density at radius 2 is 1.59 bits per heavy atom. The normalized spacial score (nSPS) is 54.4. The summed E-state index contributed by atoms with van der Waals surface area (Å²) in [5.74, 6) is 5.41. The molecule has 0 amide bonds. The van der Waals surface area contributed by atoms with Crippen LogP contribution >= 0.6 is 0 Å². The monoisotopic (exact) mass is 302 g/mol. The zero-order valence-electron chi connectivity index (χ0n) is 15.4. The van der Waals surface area contributed by atoms with Gasteiger partial charge in [0.15, 0.2) is 0 Å². The van der Waals surface area contributed by atoms with Crippen molar-refractivity contribution in [3.8, 4) is 0 Å². The molecule has 0 aromatic rings. The predicted octanol–water partition coefficient (Wildman–Crippen LogP) is 6.84. The van der Waals surface area contributed by atoms with Crippen LogP contribution in [0, 0.1) is 40.4 Å². The minimum Gasteiger partial charge on any atom is -0.0654 e. The largest absolute Gasteiger partial charge is 0.0654 e. The Morgan fingerprint density at radius 3 is 2.41 bits per heavy atom. The molecule has 0 heteroatoms. The molecule has 0 saturated heterocycles. The van der Waals surface area contributed by atoms with Crippen LogP contribution in [0.3, 0.4) is 0 Å². The van der Waals surface area contributed by atoms with Crippen LogP contribution in [0.4, 0.5) is 0 Å². The Kier molecular flexibility index (Phi) is 3.90. The van der Waals surface area contributed by atoms with E-state index in [1.54, 1.807) is 51.4 Å². The Hall–Kier alpha value is 0. The minimum atomic E-state index is 0.717. The van der Waals surface area contributed by atoms with E-state index in [1.807, 2.05) is 0 Å². The van der Waals surface area contributed by atoms with Crippen LogP contribution in [0.15, 0.2) is 0 Å². The molecule has 4 aliphatic carbocycles. The Balaban J connectivity index is 1.59. The molecule has 126 valence electrons. The zero-order chi connectivity index (χ0) is 15.4. The third-order valence-corrected chi connectivity index (χ3v) is 9.42. The highest BCUT2D eigenvalue weighted by Gasteiger charge is 2.59. The maximum atomic E-state index is 2.72. The average molecular weight is 303 g/mol. The molecule has 4 aliphatic rings. The summed E-state index contributed by atoms with van der Waals surface area (Å²) in [6.45, 7) is 7.82. The molecule has 0 N–H and O–H groups in total. The molecule has 4 saturated carbocycles. The molecule has 0 aromatic heterocycles. The summed E-state index contributed by atoms with van der Waals surface area (Å²) < 4.78 is 0. The van der Waals surface area contributed by atoms with Gasteiger partial charge in [-0.1, -0.05) is 46.5 Å². The quantitative estimate of drug-likeness (QED) is 0.524. The molecule has 0 bridgehead atoms. The molecular formula is C22H38. The SMILES string of the molecule is CCC[C@H]1CCC2C3CCC4CCCC[C@]4(C)C3CC[C@@]21C. The van der Waals surface area contributed by atoms with E-state index in [9.17, 15) is 0 Å². The van der Waals surface area contributed by atoms with E-state index in [4.69, 9.17) is 0 Å². The third-order valence-electron chi connectivity index (χ3n) is 9.42. The highest BCUT2D eigenvalue weighted by molar-refractivity contribution is 5.08. The second kappa shape index (κ2) is 5.52. The van der Waals surface area contributed by atoms with Crippen LogP contribution in [0.5, 0.6) is 0 Å². The van der Waals surface area contributed by atoms with Gasteiger partial charge in [0.05, 0.1) is 0 Å². The van der Waals surface area contributed by atoms with E-state index in [-0.39, 0.29) is 0 Å². The maximum absolute atomic E-state index is 2.72. The molecule has 0 aromatic carbocycles. The molecule has 0 aliphatic heterocycles. The van der Waals surface area contributed by atoms with Gasteiger partial charge in [-0.15, -0.1) is 0 Å². The number of hydrogen-bond acceptors (Lipinski definition) is 0. The standard InChI is InChI=1S/C22H38/c1-4-7-16-10-12-19-18-11-9-17-8-5-6-14-21(17,2)20(18)13-15-22(16,19)3/h16-20H,4-15H2,1-3H3/t16-,17?,18?,19?,20?,21-,22+/m0/s1. The molecule has 4 unspecified atom stereocenters. The lowest BCUT2D eigenvalue weighted by molar-refractivity contribution is -0.111. The van der Waals surface area contributed by atoms with Crippen LogP contribution in [0.1, 0.15) is 97.8 Å². The average Bonchev–Trinajstić information content (AvgIpc) is 2.84. The highest BCUT2D eigenvalue weighted by Crippen LogP contribution is 2.67. The van der Waals surface area contributed by atoms with Crippen LogP contribution in [-0.4, -0.2) is 0 Å². The van der Waals surface area contributed by atoms with Crippen LogP contribution in [0.25, 0.3) is 0 Å². The van der Waals surface area contributed by atoms with Crippen LogP contribution in [-0.2, 0) is 0 Å². The zero-order valence-corrected chi connectivity index (χ0v) is 15.4. The molecule has 0 radical (unpaired) electrons. The molecule has 0 spiro atoms. The Bertz CT molecular complexity index is 412. The van der Waals surface area contributed by atoms with E-state index in [0.717, 1.165) is 40.4 Å². The highest BCUT2D eigenvalue weighted by atomic mass is 14.6. The smallest absolute Gasteiger partial charge is 0.0266 e. The number of hydrogen-bond donors (Lipinski definition) is 0. The van der Waals surface area contributed by atoms with Crippen molar-refractivity contribution in [1.29, 1.82) is 0 Å². The van der Waals surface area contributed by atoms with E-state index in [1.165, 1.54) is 25.7 Å². The fourth-order valence-corrected chi connectivity index (χ4v) is 8.23. The van der Waals surface area contributed by atoms with Crippen molar-refractivity contribution >= 4 is 0 Å². The molecule has 0 heterocycles. The summed E-state index contributed by atoms with van der Waals surface area (Å²) in [6.07, 6.45) is 18.5. The molecule has 0 nitrogen and oxygen atoms in total. The molecule has 4 rings (SSSR count). The second-order valence-electron chi connectivity index (χ2n) is 10.0. The van der Waals surface area contributed by atoms with Crippen LogP contribution < -0.4 is 0 Å².